The highest BCUT2D eigenvalue weighted by atomic mass is 35.5. The average molecular weight is 246 g/mol. The normalized spacial score (nSPS) is 10.5. The lowest BCUT2D eigenvalue weighted by atomic mass is 10.0. The maximum atomic E-state index is 5.87. The lowest BCUT2D eigenvalue weighted by molar-refractivity contribution is 0.964. The van der Waals surface area contributed by atoms with E-state index in [1.165, 1.54) is 16.7 Å². The quantitative estimate of drug-likeness (QED) is 0.878. The second kappa shape index (κ2) is 5.85. The van der Waals surface area contributed by atoms with Crippen LogP contribution in [0.2, 0.25) is 5.02 Å². The Hall–Kier alpha value is -1.31. The van der Waals surface area contributed by atoms with Gasteiger partial charge >= 0.3 is 0 Å². The van der Waals surface area contributed by atoms with Crippen LogP contribution in [0.25, 0.3) is 0 Å². The van der Waals surface area contributed by atoms with Gasteiger partial charge in [0.05, 0.1) is 0 Å². The molecule has 0 aromatic heterocycles. The molecule has 0 saturated heterocycles. The highest BCUT2D eigenvalue weighted by Crippen LogP contribution is 2.14. The smallest absolute Gasteiger partial charge is 0.0406 e. The van der Waals surface area contributed by atoms with Crippen LogP contribution in [0.5, 0.6) is 0 Å². The van der Waals surface area contributed by atoms with Crippen LogP contribution in [0.15, 0.2) is 48.5 Å². The molecule has 2 aromatic rings. The molecular weight excluding hydrogens is 230 g/mol. The van der Waals surface area contributed by atoms with Crippen molar-refractivity contribution in [1.29, 1.82) is 0 Å². The molecule has 88 valence electrons. The predicted molar refractivity (Wildman–Crippen MR) is 73.5 cm³/mol. The van der Waals surface area contributed by atoms with E-state index < -0.39 is 0 Å². The summed E-state index contributed by atoms with van der Waals surface area (Å²) >= 11 is 5.87. The minimum absolute atomic E-state index is 0.699. The number of hydrogen-bond acceptors (Lipinski definition) is 1. The fourth-order valence-electron chi connectivity index (χ4n) is 1.90. The van der Waals surface area contributed by atoms with Crippen molar-refractivity contribution in [2.75, 3.05) is 6.54 Å². The second-order valence-corrected chi connectivity index (χ2v) is 4.60. The van der Waals surface area contributed by atoms with Crippen molar-refractivity contribution in [3.63, 3.8) is 0 Å². The molecule has 0 bridgehead atoms. The first-order chi connectivity index (χ1) is 8.28. The monoisotopic (exact) mass is 245 g/mol. The highest BCUT2D eigenvalue weighted by Gasteiger charge is 1.98. The molecule has 0 aliphatic carbocycles. The standard InChI is InChI=1S/C15H16ClN/c16-15-6-4-13(5-7-15)11-14-3-1-2-12(10-14)8-9-17/h1-7,10H,8-9,11,17H2. The molecule has 2 N–H and O–H groups in total. The zero-order valence-electron chi connectivity index (χ0n) is 9.70. The summed E-state index contributed by atoms with van der Waals surface area (Å²) in [6, 6.07) is 16.6. The zero-order chi connectivity index (χ0) is 12.1. The summed E-state index contributed by atoms with van der Waals surface area (Å²) in [7, 11) is 0. The van der Waals surface area contributed by atoms with Crippen LogP contribution in [-0.2, 0) is 12.8 Å². The fraction of sp³-hybridized carbons (Fsp3) is 0.200. The molecule has 0 aliphatic heterocycles. The van der Waals surface area contributed by atoms with Crippen molar-refractivity contribution in [2.24, 2.45) is 5.73 Å². The van der Waals surface area contributed by atoms with E-state index in [-0.39, 0.29) is 0 Å². The molecule has 17 heavy (non-hydrogen) atoms. The summed E-state index contributed by atoms with van der Waals surface area (Å²) < 4.78 is 0. The Bertz CT molecular complexity index is 477. The van der Waals surface area contributed by atoms with E-state index in [9.17, 15) is 0 Å². The molecule has 1 nitrogen and oxygen atoms in total. The van der Waals surface area contributed by atoms with Gasteiger partial charge in [-0.15, -0.1) is 0 Å². The highest BCUT2D eigenvalue weighted by molar-refractivity contribution is 6.30. The summed E-state index contributed by atoms with van der Waals surface area (Å²) in [5.41, 5.74) is 9.46. The molecule has 2 aromatic carbocycles. The SMILES string of the molecule is NCCc1cccc(Cc2ccc(Cl)cc2)c1. The van der Waals surface area contributed by atoms with Crippen molar-refractivity contribution in [3.8, 4) is 0 Å². The van der Waals surface area contributed by atoms with Gasteiger partial charge in [-0.25, -0.2) is 0 Å². The van der Waals surface area contributed by atoms with Crippen LogP contribution in [0.1, 0.15) is 16.7 Å². The number of hydrogen-bond donors (Lipinski definition) is 1. The summed E-state index contributed by atoms with van der Waals surface area (Å²) in [6.07, 6.45) is 1.88. The van der Waals surface area contributed by atoms with Crippen molar-refractivity contribution in [1.82, 2.24) is 0 Å². The van der Waals surface area contributed by atoms with Gasteiger partial charge in [0, 0.05) is 5.02 Å². The molecule has 0 aliphatic rings. The van der Waals surface area contributed by atoms with Gasteiger partial charge in [0.25, 0.3) is 0 Å². The van der Waals surface area contributed by atoms with Crippen LogP contribution < -0.4 is 5.73 Å². The fourth-order valence-corrected chi connectivity index (χ4v) is 2.03. The lowest BCUT2D eigenvalue weighted by Gasteiger charge is -2.05. The average Bonchev–Trinajstić information content (AvgIpc) is 2.33. The molecule has 0 saturated carbocycles. The van der Waals surface area contributed by atoms with Gasteiger partial charge in [-0.05, 0) is 48.2 Å². The van der Waals surface area contributed by atoms with Gasteiger partial charge in [0.15, 0.2) is 0 Å². The van der Waals surface area contributed by atoms with Crippen LogP contribution in [0.3, 0.4) is 0 Å². The molecule has 2 heteroatoms. The number of halogens is 1. The van der Waals surface area contributed by atoms with E-state index in [1.54, 1.807) is 0 Å². The summed E-state index contributed by atoms with van der Waals surface area (Å²) in [5.74, 6) is 0. The molecule has 0 spiro atoms. The Morgan fingerprint density at radius 1 is 0.882 bits per heavy atom. The van der Waals surface area contributed by atoms with Crippen molar-refractivity contribution >= 4 is 11.6 Å². The van der Waals surface area contributed by atoms with Gasteiger partial charge in [-0.3, -0.25) is 0 Å². The van der Waals surface area contributed by atoms with E-state index in [0.29, 0.717) is 6.54 Å². The number of benzene rings is 2. The van der Waals surface area contributed by atoms with Crippen LogP contribution in [-0.4, -0.2) is 6.54 Å². The first-order valence-electron chi connectivity index (χ1n) is 5.80. The minimum atomic E-state index is 0.699. The van der Waals surface area contributed by atoms with E-state index in [2.05, 4.69) is 36.4 Å². The van der Waals surface area contributed by atoms with Crippen LogP contribution >= 0.6 is 11.6 Å². The van der Waals surface area contributed by atoms with E-state index in [0.717, 1.165) is 17.9 Å². The largest absolute Gasteiger partial charge is 0.330 e. The summed E-state index contributed by atoms with van der Waals surface area (Å²) in [6.45, 7) is 0.699. The summed E-state index contributed by atoms with van der Waals surface area (Å²) in [4.78, 5) is 0. The molecule has 0 fully saturated rings. The molecule has 0 radical (unpaired) electrons. The third-order valence-electron chi connectivity index (χ3n) is 2.75. The van der Waals surface area contributed by atoms with Crippen LogP contribution in [0, 0.1) is 0 Å². The van der Waals surface area contributed by atoms with Gasteiger partial charge < -0.3 is 5.73 Å². The van der Waals surface area contributed by atoms with Gasteiger partial charge in [-0.2, -0.15) is 0 Å². The van der Waals surface area contributed by atoms with E-state index in [4.69, 9.17) is 17.3 Å². The molecule has 2 rings (SSSR count). The Labute approximate surface area is 107 Å². The number of rotatable bonds is 4. The van der Waals surface area contributed by atoms with Gasteiger partial charge in [0.2, 0.25) is 0 Å². The molecule has 0 heterocycles. The van der Waals surface area contributed by atoms with Crippen molar-refractivity contribution in [3.05, 3.63) is 70.2 Å². The van der Waals surface area contributed by atoms with E-state index in [1.807, 2.05) is 12.1 Å². The van der Waals surface area contributed by atoms with E-state index >= 15 is 0 Å². The maximum absolute atomic E-state index is 5.87. The van der Waals surface area contributed by atoms with Gasteiger partial charge in [-0.1, -0.05) is 48.0 Å². The molecule has 0 unspecified atom stereocenters. The summed E-state index contributed by atoms with van der Waals surface area (Å²) in [5, 5.41) is 0.783. The Morgan fingerprint density at radius 2 is 1.59 bits per heavy atom. The molecular formula is C15H16ClN. The molecule has 0 amide bonds. The number of nitrogens with two attached hydrogens (primary N) is 1. The first-order valence-corrected chi connectivity index (χ1v) is 6.18. The second-order valence-electron chi connectivity index (χ2n) is 4.16. The minimum Gasteiger partial charge on any atom is -0.330 e. The van der Waals surface area contributed by atoms with Gasteiger partial charge in [0.1, 0.15) is 0 Å². The van der Waals surface area contributed by atoms with Crippen molar-refractivity contribution < 1.29 is 0 Å². The van der Waals surface area contributed by atoms with Crippen molar-refractivity contribution in [2.45, 2.75) is 12.8 Å². The van der Waals surface area contributed by atoms with Crippen LogP contribution in [0.4, 0.5) is 0 Å². The lowest BCUT2D eigenvalue weighted by Crippen LogP contribution is -2.02. The predicted octanol–water partition coefficient (Wildman–Crippen LogP) is 3.43. The third-order valence-corrected chi connectivity index (χ3v) is 3.00. The third kappa shape index (κ3) is 3.58. The topological polar surface area (TPSA) is 26.0 Å². The molecule has 0 atom stereocenters. The Balaban J connectivity index is 2.12. The first kappa shape index (κ1) is 12.2. The Morgan fingerprint density at radius 3 is 2.29 bits per heavy atom. The maximum Gasteiger partial charge on any atom is 0.0406 e. The zero-order valence-corrected chi connectivity index (χ0v) is 10.5. The Kier molecular flexibility index (Phi) is 4.18.